The molecule has 15 heavy (non-hydrogen) atoms. The zero-order valence-corrected chi connectivity index (χ0v) is 10.5. The molecule has 1 N–H and O–H groups in total. The predicted molar refractivity (Wildman–Crippen MR) is 67.9 cm³/mol. The number of hydrogen-bond donors (Lipinski definition) is 1. The number of halogens is 2. The zero-order valence-electron chi connectivity index (χ0n) is 9.02. The fourth-order valence-electron chi connectivity index (χ4n) is 1.35. The Hall–Kier alpha value is -0.240. The Kier molecular flexibility index (Phi) is 6.07. The highest BCUT2D eigenvalue weighted by atomic mass is 35.5. The van der Waals surface area contributed by atoms with E-state index in [4.69, 9.17) is 23.2 Å². The maximum atomic E-state index is 5.92. The number of hydrogen-bond acceptors (Lipinski definition) is 1. The molecule has 0 atom stereocenters. The highest BCUT2D eigenvalue weighted by Crippen LogP contribution is 2.22. The van der Waals surface area contributed by atoms with Crippen molar-refractivity contribution in [3.8, 4) is 0 Å². The first-order chi connectivity index (χ1) is 7.24. The van der Waals surface area contributed by atoms with E-state index in [2.05, 4.69) is 12.2 Å². The fourth-order valence-corrected chi connectivity index (χ4v) is 1.68. The van der Waals surface area contributed by atoms with E-state index in [9.17, 15) is 0 Å². The summed E-state index contributed by atoms with van der Waals surface area (Å²) >= 11 is 11.8. The summed E-state index contributed by atoms with van der Waals surface area (Å²) in [5.74, 6) is 0. The molecule has 1 aromatic carbocycles. The van der Waals surface area contributed by atoms with Gasteiger partial charge in [0, 0.05) is 0 Å². The van der Waals surface area contributed by atoms with Crippen LogP contribution < -0.4 is 5.32 Å². The van der Waals surface area contributed by atoms with Crippen LogP contribution in [0.25, 0.3) is 0 Å². The van der Waals surface area contributed by atoms with Crippen molar-refractivity contribution < 1.29 is 0 Å². The maximum Gasteiger partial charge on any atom is 0.0595 e. The van der Waals surface area contributed by atoms with Gasteiger partial charge in [-0.15, -0.1) is 0 Å². The van der Waals surface area contributed by atoms with Crippen molar-refractivity contribution >= 4 is 23.2 Å². The molecule has 0 bridgehead atoms. The van der Waals surface area contributed by atoms with E-state index in [1.54, 1.807) is 0 Å². The van der Waals surface area contributed by atoms with Gasteiger partial charge in [-0.1, -0.05) is 42.6 Å². The highest BCUT2D eigenvalue weighted by Gasteiger charge is 1.98. The van der Waals surface area contributed by atoms with Gasteiger partial charge in [0.05, 0.1) is 10.0 Å². The van der Waals surface area contributed by atoms with Gasteiger partial charge < -0.3 is 5.32 Å². The lowest BCUT2D eigenvalue weighted by molar-refractivity contribution is 0.640. The van der Waals surface area contributed by atoms with Crippen molar-refractivity contribution in [1.82, 2.24) is 5.32 Å². The molecule has 0 aliphatic heterocycles. The van der Waals surface area contributed by atoms with E-state index >= 15 is 0 Å². The molecule has 0 heterocycles. The molecular weight excluding hydrogens is 229 g/mol. The molecule has 0 radical (unpaired) electrons. The third-order valence-corrected chi connectivity index (χ3v) is 3.02. The molecule has 0 unspecified atom stereocenters. The van der Waals surface area contributed by atoms with Crippen LogP contribution in [0.1, 0.15) is 25.3 Å². The minimum atomic E-state index is 0.624. The van der Waals surface area contributed by atoms with Crippen molar-refractivity contribution in [1.29, 1.82) is 0 Å². The Morgan fingerprint density at radius 2 is 1.93 bits per heavy atom. The number of rotatable bonds is 6. The molecule has 84 valence electrons. The molecule has 0 fully saturated rings. The number of unbranched alkanes of at least 4 members (excludes halogenated alkanes) is 1. The van der Waals surface area contributed by atoms with Gasteiger partial charge in [0.1, 0.15) is 0 Å². The summed E-state index contributed by atoms with van der Waals surface area (Å²) in [4.78, 5) is 0. The number of nitrogens with one attached hydrogen (secondary N) is 1. The van der Waals surface area contributed by atoms with Gasteiger partial charge >= 0.3 is 0 Å². The first-order valence-electron chi connectivity index (χ1n) is 5.38. The first-order valence-corrected chi connectivity index (χ1v) is 6.14. The van der Waals surface area contributed by atoms with Crippen molar-refractivity contribution in [2.75, 3.05) is 13.1 Å². The van der Waals surface area contributed by atoms with Gasteiger partial charge in [-0.3, -0.25) is 0 Å². The lowest BCUT2D eigenvalue weighted by atomic mass is 10.1. The monoisotopic (exact) mass is 245 g/mol. The lowest BCUT2D eigenvalue weighted by Gasteiger charge is -2.05. The molecule has 0 aliphatic rings. The zero-order chi connectivity index (χ0) is 11.1. The third kappa shape index (κ3) is 4.87. The van der Waals surface area contributed by atoms with Crippen molar-refractivity contribution in [3.05, 3.63) is 33.8 Å². The Morgan fingerprint density at radius 3 is 2.60 bits per heavy atom. The molecule has 0 saturated carbocycles. The molecule has 0 aliphatic carbocycles. The third-order valence-electron chi connectivity index (χ3n) is 2.28. The summed E-state index contributed by atoms with van der Waals surface area (Å²) < 4.78 is 0. The van der Waals surface area contributed by atoms with Gasteiger partial charge in [0.2, 0.25) is 0 Å². The van der Waals surface area contributed by atoms with Crippen LogP contribution >= 0.6 is 23.2 Å². The minimum Gasteiger partial charge on any atom is -0.316 e. The molecule has 1 rings (SSSR count). The van der Waals surface area contributed by atoms with Gasteiger partial charge in [-0.25, -0.2) is 0 Å². The first kappa shape index (κ1) is 12.8. The molecule has 3 heteroatoms. The molecule has 1 nitrogen and oxygen atoms in total. The van der Waals surface area contributed by atoms with Crippen molar-refractivity contribution in [2.24, 2.45) is 0 Å². The summed E-state index contributed by atoms with van der Waals surface area (Å²) in [6.07, 6.45) is 3.47. The van der Waals surface area contributed by atoms with E-state index in [1.807, 2.05) is 18.2 Å². The van der Waals surface area contributed by atoms with Crippen LogP contribution in [0.2, 0.25) is 10.0 Å². The van der Waals surface area contributed by atoms with Crippen LogP contribution in [0.3, 0.4) is 0 Å². The van der Waals surface area contributed by atoms with Gasteiger partial charge in [0.25, 0.3) is 0 Å². The molecule has 1 aromatic rings. The topological polar surface area (TPSA) is 12.0 Å². The molecular formula is C12H17Cl2N. The normalized spacial score (nSPS) is 10.6. The average molecular weight is 246 g/mol. The Labute approximate surface area is 102 Å². The van der Waals surface area contributed by atoms with Gasteiger partial charge in [-0.05, 0) is 43.6 Å². The smallest absolute Gasteiger partial charge is 0.0595 e. The molecule has 0 spiro atoms. The SMILES string of the molecule is CCCCNCCc1ccc(Cl)c(Cl)c1. The van der Waals surface area contributed by atoms with E-state index in [1.165, 1.54) is 18.4 Å². The second-order valence-electron chi connectivity index (χ2n) is 3.60. The fraction of sp³-hybridized carbons (Fsp3) is 0.500. The molecule has 0 amide bonds. The van der Waals surface area contributed by atoms with Crippen LogP contribution in [0.15, 0.2) is 18.2 Å². The lowest BCUT2D eigenvalue weighted by Crippen LogP contribution is -2.18. The largest absolute Gasteiger partial charge is 0.316 e. The summed E-state index contributed by atoms with van der Waals surface area (Å²) in [6.45, 7) is 4.29. The highest BCUT2D eigenvalue weighted by molar-refractivity contribution is 6.42. The maximum absolute atomic E-state index is 5.92. The summed E-state index contributed by atoms with van der Waals surface area (Å²) in [5.41, 5.74) is 1.23. The van der Waals surface area contributed by atoms with E-state index in [0.717, 1.165) is 19.5 Å². The Morgan fingerprint density at radius 1 is 1.13 bits per heavy atom. The van der Waals surface area contributed by atoms with Crippen LogP contribution in [0.5, 0.6) is 0 Å². The molecule has 0 saturated heterocycles. The predicted octanol–water partition coefficient (Wildman–Crippen LogP) is 3.93. The van der Waals surface area contributed by atoms with Crippen LogP contribution in [-0.2, 0) is 6.42 Å². The second-order valence-corrected chi connectivity index (χ2v) is 4.42. The second kappa shape index (κ2) is 7.10. The van der Waals surface area contributed by atoms with E-state index in [0.29, 0.717) is 10.0 Å². The van der Waals surface area contributed by atoms with Gasteiger partial charge in [-0.2, -0.15) is 0 Å². The van der Waals surface area contributed by atoms with Crippen LogP contribution in [0.4, 0.5) is 0 Å². The quantitative estimate of drug-likeness (QED) is 0.750. The Balaban J connectivity index is 2.28. The average Bonchev–Trinajstić information content (AvgIpc) is 2.23. The van der Waals surface area contributed by atoms with Crippen molar-refractivity contribution in [3.63, 3.8) is 0 Å². The number of benzene rings is 1. The van der Waals surface area contributed by atoms with Crippen LogP contribution in [0, 0.1) is 0 Å². The molecule has 0 aromatic heterocycles. The van der Waals surface area contributed by atoms with Gasteiger partial charge in [0.15, 0.2) is 0 Å². The summed E-state index contributed by atoms with van der Waals surface area (Å²) in [5, 5.41) is 4.66. The van der Waals surface area contributed by atoms with Crippen molar-refractivity contribution in [2.45, 2.75) is 26.2 Å². The van der Waals surface area contributed by atoms with Crippen LogP contribution in [-0.4, -0.2) is 13.1 Å². The Bertz CT molecular complexity index is 300. The standard InChI is InChI=1S/C12H17Cl2N/c1-2-3-7-15-8-6-10-4-5-11(13)12(14)9-10/h4-5,9,15H,2-3,6-8H2,1H3. The summed E-state index contributed by atoms with van der Waals surface area (Å²) in [6, 6.07) is 5.81. The van der Waals surface area contributed by atoms with E-state index < -0.39 is 0 Å². The van der Waals surface area contributed by atoms with E-state index in [-0.39, 0.29) is 0 Å². The minimum absolute atomic E-state index is 0.624. The summed E-state index contributed by atoms with van der Waals surface area (Å²) in [7, 11) is 0.